The first-order chi connectivity index (χ1) is 11.9. The average Bonchev–Trinajstić information content (AvgIpc) is 2.65. The van der Waals surface area contributed by atoms with E-state index in [9.17, 15) is 13.2 Å². The fourth-order valence-corrected chi connectivity index (χ4v) is 4.06. The van der Waals surface area contributed by atoms with E-state index in [2.05, 4.69) is 11.3 Å². The van der Waals surface area contributed by atoms with E-state index >= 15 is 0 Å². The molecule has 0 spiro atoms. The summed E-state index contributed by atoms with van der Waals surface area (Å²) in [6, 6.07) is 12.9. The summed E-state index contributed by atoms with van der Waals surface area (Å²) < 4.78 is 31.9. The van der Waals surface area contributed by atoms with Crippen LogP contribution in [0, 0.1) is 0 Å². The van der Waals surface area contributed by atoms with E-state index in [1.807, 2.05) is 6.26 Å². The van der Waals surface area contributed by atoms with E-state index in [-0.39, 0.29) is 11.4 Å². The van der Waals surface area contributed by atoms with Gasteiger partial charge in [0.2, 0.25) is 0 Å². The van der Waals surface area contributed by atoms with Crippen LogP contribution in [0.25, 0.3) is 0 Å². The molecular formula is C18H19NO4S2. The maximum atomic E-state index is 13.0. The van der Waals surface area contributed by atoms with Crippen LogP contribution in [-0.2, 0) is 14.8 Å². The molecule has 0 aliphatic rings. The Morgan fingerprint density at radius 2 is 1.76 bits per heavy atom. The molecule has 0 atom stereocenters. The molecule has 0 unspecified atom stereocenters. The van der Waals surface area contributed by atoms with Gasteiger partial charge in [0.1, 0.15) is 0 Å². The number of esters is 1. The van der Waals surface area contributed by atoms with Crippen molar-refractivity contribution in [3.63, 3.8) is 0 Å². The molecule has 25 heavy (non-hydrogen) atoms. The van der Waals surface area contributed by atoms with E-state index < -0.39 is 16.0 Å². The van der Waals surface area contributed by atoms with Crippen molar-refractivity contribution in [1.29, 1.82) is 0 Å². The van der Waals surface area contributed by atoms with Crippen LogP contribution in [-0.4, -0.2) is 34.3 Å². The van der Waals surface area contributed by atoms with Gasteiger partial charge in [0.25, 0.3) is 10.0 Å². The van der Waals surface area contributed by atoms with Crippen molar-refractivity contribution >= 4 is 33.4 Å². The summed E-state index contributed by atoms with van der Waals surface area (Å²) in [4.78, 5) is 12.7. The van der Waals surface area contributed by atoms with Crippen LogP contribution in [0.5, 0.6) is 0 Å². The molecular weight excluding hydrogens is 358 g/mol. The molecule has 2 aromatic carbocycles. The molecule has 0 heterocycles. The Balaban J connectivity index is 2.41. The second kappa shape index (κ2) is 8.22. The number of anilines is 1. The molecule has 132 valence electrons. The summed E-state index contributed by atoms with van der Waals surface area (Å²) in [7, 11) is -2.45. The van der Waals surface area contributed by atoms with Crippen LogP contribution >= 0.6 is 11.8 Å². The molecule has 0 N–H and O–H groups in total. The second-order valence-electron chi connectivity index (χ2n) is 5.04. The van der Waals surface area contributed by atoms with Crippen LogP contribution in [0.2, 0.25) is 0 Å². The SMILES string of the molecule is C=CCN(c1ccc(C(=O)OC)cc1)S(=O)(=O)c1ccc(SC)cc1. The lowest BCUT2D eigenvalue weighted by atomic mass is 10.2. The first kappa shape index (κ1) is 19.1. The topological polar surface area (TPSA) is 63.7 Å². The lowest BCUT2D eigenvalue weighted by Gasteiger charge is -2.23. The van der Waals surface area contributed by atoms with Gasteiger partial charge < -0.3 is 4.74 Å². The summed E-state index contributed by atoms with van der Waals surface area (Å²) in [6.45, 7) is 3.75. The first-order valence-electron chi connectivity index (χ1n) is 7.40. The molecule has 0 aromatic heterocycles. The number of carbonyl (C=O) groups excluding carboxylic acids is 1. The Labute approximate surface area is 152 Å². The molecule has 0 bridgehead atoms. The number of carbonyl (C=O) groups is 1. The van der Waals surface area contributed by atoms with Crippen molar-refractivity contribution in [3.8, 4) is 0 Å². The van der Waals surface area contributed by atoms with Crippen molar-refractivity contribution in [2.24, 2.45) is 0 Å². The number of hydrogen-bond acceptors (Lipinski definition) is 5. The standard InChI is InChI=1S/C18H19NO4S2/c1-4-13-19(15-7-5-14(6-8-15)18(20)23-2)25(21,22)17-11-9-16(24-3)10-12-17/h4-12H,1,13H2,2-3H3. The Bertz CT molecular complexity index is 844. The molecule has 5 nitrogen and oxygen atoms in total. The fourth-order valence-electron chi connectivity index (χ4n) is 2.22. The molecule has 2 aromatic rings. The summed E-state index contributed by atoms with van der Waals surface area (Å²) in [5.74, 6) is -0.475. The molecule has 0 amide bonds. The highest BCUT2D eigenvalue weighted by atomic mass is 32.2. The van der Waals surface area contributed by atoms with Crippen molar-refractivity contribution in [2.75, 3.05) is 24.2 Å². The van der Waals surface area contributed by atoms with Gasteiger partial charge in [0.05, 0.1) is 29.8 Å². The molecule has 0 aliphatic carbocycles. The summed E-state index contributed by atoms with van der Waals surface area (Å²) in [5.41, 5.74) is 0.799. The van der Waals surface area contributed by atoms with Gasteiger partial charge in [-0.25, -0.2) is 13.2 Å². The predicted octanol–water partition coefficient (Wildman–Crippen LogP) is 3.58. The zero-order chi connectivity index (χ0) is 18.4. The van der Waals surface area contributed by atoms with Crippen LogP contribution < -0.4 is 4.31 Å². The fraction of sp³-hybridized carbons (Fsp3) is 0.167. The van der Waals surface area contributed by atoms with Gasteiger partial charge in [-0.15, -0.1) is 18.3 Å². The average molecular weight is 377 g/mol. The number of hydrogen-bond donors (Lipinski definition) is 0. The minimum absolute atomic E-state index is 0.115. The van der Waals surface area contributed by atoms with E-state index in [0.717, 1.165) is 4.90 Å². The van der Waals surface area contributed by atoms with Gasteiger partial charge >= 0.3 is 5.97 Å². The molecule has 2 rings (SSSR count). The van der Waals surface area contributed by atoms with Gasteiger partial charge in [-0.3, -0.25) is 4.31 Å². The van der Waals surface area contributed by atoms with Crippen LogP contribution in [0.3, 0.4) is 0 Å². The normalized spacial score (nSPS) is 11.0. The molecule has 0 aliphatic heterocycles. The number of thioether (sulfide) groups is 1. The Morgan fingerprint density at radius 3 is 2.24 bits per heavy atom. The monoisotopic (exact) mass is 377 g/mol. The predicted molar refractivity (Wildman–Crippen MR) is 101 cm³/mol. The number of rotatable bonds is 7. The summed E-state index contributed by atoms with van der Waals surface area (Å²) >= 11 is 1.54. The van der Waals surface area contributed by atoms with Crippen molar-refractivity contribution < 1.29 is 17.9 Å². The van der Waals surface area contributed by atoms with Crippen LogP contribution in [0.15, 0.2) is 71.0 Å². The Kier molecular flexibility index (Phi) is 6.27. The van der Waals surface area contributed by atoms with Gasteiger partial charge in [-0.2, -0.15) is 0 Å². The number of sulfonamides is 1. The van der Waals surface area contributed by atoms with Gasteiger partial charge in [0.15, 0.2) is 0 Å². The molecule has 0 fully saturated rings. The lowest BCUT2D eigenvalue weighted by molar-refractivity contribution is 0.0601. The number of benzene rings is 2. The van der Waals surface area contributed by atoms with Crippen molar-refractivity contribution in [1.82, 2.24) is 0 Å². The largest absolute Gasteiger partial charge is 0.465 e. The minimum atomic E-state index is -3.74. The van der Waals surface area contributed by atoms with E-state index in [1.165, 1.54) is 29.6 Å². The third-order valence-corrected chi connectivity index (χ3v) is 6.07. The lowest BCUT2D eigenvalue weighted by Crippen LogP contribution is -2.31. The van der Waals surface area contributed by atoms with E-state index in [4.69, 9.17) is 0 Å². The quantitative estimate of drug-likeness (QED) is 0.419. The summed E-state index contributed by atoms with van der Waals surface area (Å²) in [5, 5.41) is 0. The molecule has 0 saturated heterocycles. The van der Waals surface area contributed by atoms with Gasteiger partial charge in [-0.1, -0.05) is 6.08 Å². The second-order valence-corrected chi connectivity index (χ2v) is 7.78. The summed E-state index contributed by atoms with van der Waals surface area (Å²) in [6.07, 6.45) is 3.44. The Morgan fingerprint density at radius 1 is 1.16 bits per heavy atom. The maximum absolute atomic E-state index is 13.0. The maximum Gasteiger partial charge on any atom is 0.337 e. The van der Waals surface area contributed by atoms with Gasteiger partial charge in [0, 0.05) is 4.90 Å². The molecule has 0 saturated carbocycles. The molecule has 7 heteroatoms. The van der Waals surface area contributed by atoms with Crippen LogP contribution in [0.1, 0.15) is 10.4 Å². The highest BCUT2D eigenvalue weighted by Gasteiger charge is 2.24. The number of ether oxygens (including phenoxy) is 1. The smallest absolute Gasteiger partial charge is 0.337 e. The van der Waals surface area contributed by atoms with E-state index in [0.29, 0.717) is 11.3 Å². The highest BCUT2D eigenvalue weighted by Crippen LogP contribution is 2.26. The zero-order valence-corrected chi connectivity index (χ0v) is 15.6. The first-order valence-corrected chi connectivity index (χ1v) is 10.1. The zero-order valence-electron chi connectivity index (χ0n) is 14.0. The van der Waals surface area contributed by atoms with Crippen molar-refractivity contribution in [3.05, 3.63) is 66.7 Å². The molecule has 0 radical (unpaired) electrons. The third-order valence-electron chi connectivity index (χ3n) is 3.52. The van der Waals surface area contributed by atoms with E-state index in [1.54, 1.807) is 48.2 Å². The van der Waals surface area contributed by atoms with Gasteiger partial charge in [-0.05, 0) is 54.8 Å². The highest BCUT2D eigenvalue weighted by molar-refractivity contribution is 7.98. The minimum Gasteiger partial charge on any atom is -0.465 e. The van der Waals surface area contributed by atoms with Crippen LogP contribution in [0.4, 0.5) is 5.69 Å². The third kappa shape index (κ3) is 4.24. The van der Waals surface area contributed by atoms with Crippen molar-refractivity contribution in [2.45, 2.75) is 9.79 Å². The number of nitrogens with zero attached hydrogens (tertiary/aromatic N) is 1. The Hall–Kier alpha value is -2.25. The number of methoxy groups -OCH3 is 1.